The monoisotopic (exact) mass is 266 g/mol. The zero-order chi connectivity index (χ0) is 13.7. The van der Waals surface area contributed by atoms with Crippen LogP contribution in [-0.4, -0.2) is 24.6 Å². The van der Waals surface area contributed by atoms with E-state index in [0.717, 1.165) is 22.2 Å². The number of fused-ring (bicyclic) bond motifs is 1. The van der Waals surface area contributed by atoms with Crippen LogP contribution in [0, 0.1) is 13.8 Å². The lowest BCUT2D eigenvalue weighted by Crippen LogP contribution is -2.29. The van der Waals surface area contributed by atoms with Gasteiger partial charge in [0.05, 0.1) is 11.0 Å². The number of nitrogens with one attached hydrogen (secondary N) is 1. The van der Waals surface area contributed by atoms with E-state index in [1.807, 2.05) is 26.0 Å². The first-order chi connectivity index (χ1) is 8.13. The summed E-state index contributed by atoms with van der Waals surface area (Å²) in [5.41, 5.74) is 4.00. The third-order valence-electron chi connectivity index (χ3n) is 3.59. The van der Waals surface area contributed by atoms with E-state index in [1.165, 1.54) is 6.26 Å². The van der Waals surface area contributed by atoms with Crippen molar-refractivity contribution in [3.8, 4) is 0 Å². The van der Waals surface area contributed by atoms with Crippen LogP contribution in [0.15, 0.2) is 12.1 Å². The number of hydrogen-bond donors (Lipinski definition) is 1. The third-order valence-corrected chi connectivity index (χ3v) is 5.64. The van der Waals surface area contributed by atoms with Crippen LogP contribution < -0.4 is 0 Å². The Bertz CT molecular complexity index is 673. The maximum absolute atomic E-state index is 11.8. The molecule has 0 unspecified atom stereocenters. The zero-order valence-electron chi connectivity index (χ0n) is 11.3. The second-order valence-electron chi connectivity index (χ2n) is 5.32. The van der Waals surface area contributed by atoms with Crippen molar-refractivity contribution in [1.29, 1.82) is 0 Å². The standard InChI is InChI=1S/C13H18N2O2S/c1-8-6-10-11(7-9(8)2)15-12(14-10)13(3,4)18(5,16)17/h6-7H,1-5H3,(H,14,15). The molecule has 18 heavy (non-hydrogen) atoms. The molecule has 0 fully saturated rings. The van der Waals surface area contributed by atoms with Crippen LogP contribution in [0.4, 0.5) is 0 Å². The van der Waals surface area contributed by atoms with Gasteiger partial charge in [-0.05, 0) is 51.0 Å². The molecule has 0 bridgehead atoms. The second kappa shape index (κ2) is 3.82. The fourth-order valence-electron chi connectivity index (χ4n) is 1.73. The number of hydrogen-bond acceptors (Lipinski definition) is 3. The van der Waals surface area contributed by atoms with E-state index >= 15 is 0 Å². The molecule has 98 valence electrons. The Hall–Kier alpha value is -1.36. The number of rotatable bonds is 2. The Labute approximate surface area is 107 Å². The van der Waals surface area contributed by atoms with Crippen molar-refractivity contribution in [2.45, 2.75) is 32.4 Å². The Balaban J connectivity index is 2.68. The Morgan fingerprint density at radius 2 is 1.72 bits per heavy atom. The van der Waals surface area contributed by atoms with Gasteiger partial charge in [0.25, 0.3) is 0 Å². The molecule has 1 N–H and O–H groups in total. The summed E-state index contributed by atoms with van der Waals surface area (Å²) in [7, 11) is -3.22. The van der Waals surface area contributed by atoms with Crippen LogP contribution in [0.3, 0.4) is 0 Å². The normalized spacial score (nSPS) is 13.2. The number of sulfone groups is 1. The number of aromatic amines is 1. The van der Waals surface area contributed by atoms with E-state index in [4.69, 9.17) is 0 Å². The highest BCUT2D eigenvalue weighted by atomic mass is 32.2. The average molecular weight is 266 g/mol. The molecule has 2 rings (SSSR count). The van der Waals surface area contributed by atoms with E-state index in [9.17, 15) is 8.42 Å². The molecule has 5 heteroatoms. The van der Waals surface area contributed by atoms with Crippen molar-refractivity contribution < 1.29 is 8.42 Å². The van der Waals surface area contributed by atoms with Crippen LogP contribution >= 0.6 is 0 Å². The van der Waals surface area contributed by atoms with Crippen molar-refractivity contribution in [3.05, 3.63) is 29.1 Å². The maximum atomic E-state index is 11.8. The molecule has 1 heterocycles. The van der Waals surface area contributed by atoms with Gasteiger partial charge < -0.3 is 4.98 Å². The fraction of sp³-hybridized carbons (Fsp3) is 0.462. The minimum atomic E-state index is -3.22. The Kier molecular flexibility index (Phi) is 2.77. The SMILES string of the molecule is Cc1cc2nc(C(C)(C)S(C)(=O)=O)[nH]c2cc1C. The highest BCUT2D eigenvalue weighted by Crippen LogP contribution is 2.29. The van der Waals surface area contributed by atoms with Crippen LogP contribution in [0.25, 0.3) is 11.0 Å². The molecule has 0 aliphatic rings. The van der Waals surface area contributed by atoms with Gasteiger partial charge in [0.15, 0.2) is 9.84 Å². The molecule has 1 aromatic carbocycles. The van der Waals surface area contributed by atoms with Gasteiger partial charge in [-0.3, -0.25) is 0 Å². The number of benzene rings is 1. The number of aromatic nitrogens is 2. The summed E-state index contributed by atoms with van der Waals surface area (Å²) in [4.78, 5) is 7.54. The second-order valence-corrected chi connectivity index (χ2v) is 7.89. The van der Waals surface area contributed by atoms with E-state index in [0.29, 0.717) is 5.82 Å². The van der Waals surface area contributed by atoms with Gasteiger partial charge in [-0.2, -0.15) is 0 Å². The van der Waals surface area contributed by atoms with Crippen LogP contribution in [0.5, 0.6) is 0 Å². The van der Waals surface area contributed by atoms with Crippen LogP contribution in [0.1, 0.15) is 30.8 Å². The molecular weight excluding hydrogens is 248 g/mol. The molecular formula is C13H18N2O2S. The molecule has 0 radical (unpaired) electrons. The molecule has 0 atom stereocenters. The smallest absolute Gasteiger partial charge is 0.159 e. The first kappa shape index (κ1) is 13.1. The van der Waals surface area contributed by atoms with Crippen molar-refractivity contribution >= 4 is 20.9 Å². The van der Waals surface area contributed by atoms with Crippen molar-refractivity contribution in [1.82, 2.24) is 9.97 Å². The third kappa shape index (κ3) is 1.92. The lowest BCUT2D eigenvalue weighted by atomic mass is 10.1. The lowest BCUT2D eigenvalue weighted by molar-refractivity contribution is 0.553. The summed E-state index contributed by atoms with van der Waals surface area (Å²) < 4.78 is 22.6. The van der Waals surface area contributed by atoms with E-state index < -0.39 is 14.6 Å². The van der Waals surface area contributed by atoms with Crippen molar-refractivity contribution in [2.75, 3.05) is 6.26 Å². The molecule has 4 nitrogen and oxygen atoms in total. The number of nitrogens with zero attached hydrogens (tertiary/aromatic N) is 1. The summed E-state index contributed by atoms with van der Waals surface area (Å²) in [6.07, 6.45) is 1.23. The quantitative estimate of drug-likeness (QED) is 0.908. The maximum Gasteiger partial charge on any atom is 0.159 e. The molecule has 0 amide bonds. The van der Waals surface area contributed by atoms with Gasteiger partial charge in [0.1, 0.15) is 10.6 Å². The fourth-order valence-corrected chi connectivity index (χ4v) is 2.18. The first-order valence-electron chi connectivity index (χ1n) is 5.80. The highest BCUT2D eigenvalue weighted by Gasteiger charge is 2.35. The Morgan fingerprint density at radius 3 is 2.28 bits per heavy atom. The van der Waals surface area contributed by atoms with Crippen LogP contribution in [-0.2, 0) is 14.6 Å². The summed E-state index contributed by atoms with van der Waals surface area (Å²) in [5.74, 6) is 0.491. The summed E-state index contributed by atoms with van der Waals surface area (Å²) in [6, 6.07) is 3.97. The number of imidazole rings is 1. The summed E-state index contributed by atoms with van der Waals surface area (Å²) >= 11 is 0. The van der Waals surface area contributed by atoms with Crippen molar-refractivity contribution in [3.63, 3.8) is 0 Å². The number of aryl methyl sites for hydroxylation is 2. The average Bonchev–Trinajstić information content (AvgIpc) is 2.60. The zero-order valence-corrected chi connectivity index (χ0v) is 12.1. The van der Waals surface area contributed by atoms with Crippen LogP contribution in [0.2, 0.25) is 0 Å². The van der Waals surface area contributed by atoms with Gasteiger partial charge in [-0.25, -0.2) is 13.4 Å². The molecule has 1 aromatic heterocycles. The topological polar surface area (TPSA) is 62.8 Å². The Morgan fingerprint density at radius 1 is 1.17 bits per heavy atom. The molecule has 0 aliphatic heterocycles. The molecule has 0 saturated heterocycles. The molecule has 0 aliphatic carbocycles. The van der Waals surface area contributed by atoms with Gasteiger partial charge >= 0.3 is 0 Å². The first-order valence-corrected chi connectivity index (χ1v) is 7.69. The minimum Gasteiger partial charge on any atom is -0.341 e. The largest absolute Gasteiger partial charge is 0.341 e. The van der Waals surface area contributed by atoms with E-state index in [1.54, 1.807) is 13.8 Å². The lowest BCUT2D eigenvalue weighted by Gasteiger charge is -2.19. The molecule has 0 saturated carbocycles. The van der Waals surface area contributed by atoms with E-state index in [2.05, 4.69) is 9.97 Å². The van der Waals surface area contributed by atoms with Gasteiger partial charge in [-0.15, -0.1) is 0 Å². The predicted octanol–water partition coefficient (Wildman–Crippen LogP) is 2.46. The van der Waals surface area contributed by atoms with Gasteiger partial charge in [-0.1, -0.05) is 0 Å². The number of H-pyrrole nitrogens is 1. The molecule has 0 spiro atoms. The van der Waals surface area contributed by atoms with Crippen molar-refractivity contribution in [2.24, 2.45) is 0 Å². The van der Waals surface area contributed by atoms with Gasteiger partial charge in [0, 0.05) is 6.26 Å². The minimum absolute atomic E-state index is 0.491. The van der Waals surface area contributed by atoms with Gasteiger partial charge in [0.2, 0.25) is 0 Å². The molecule has 2 aromatic rings. The van der Waals surface area contributed by atoms with E-state index in [-0.39, 0.29) is 0 Å². The highest BCUT2D eigenvalue weighted by molar-refractivity contribution is 7.91. The summed E-state index contributed by atoms with van der Waals surface area (Å²) in [5, 5.41) is 0. The predicted molar refractivity (Wildman–Crippen MR) is 73.4 cm³/mol. The summed E-state index contributed by atoms with van der Waals surface area (Å²) in [6.45, 7) is 7.38.